The molecule has 240 valence electrons. The Labute approximate surface area is 257 Å². The molecule has 0 radical (unpaired) electrons. The number of rotatable bonds is 14. The fourth-order valence-electron chi connectivity index (χ4n) is 4.59. The van der Waals surface area contributed by atoms with Crippen LogP contribution in [0.15, 0.2) is 93.3 Å². The molecule has 0 bridgehead atoms. The molecule has 0 saturated carbocycles. The first kappa shape index (κ1) is 36.4. The number of carboxylic acids is 1. The van der Waals surface area contributed by atoms with Crippen molar-refractivity contribution in [2.45, 2.75) is 71.1 Å². The summed E-state index contributed by atoms with van der Waals surface area (Å²) in [4.78, 5) is 24.2. The molecule has 7 unspecified atom stereocenters. The maximum atomic E-state index is 12.5. The summed E-state index contributed by atoms with van der Waals surface area (Å²) < 4.78 is 10.5. The highest BCUT2D eigenvalue weighted by Gasteiger charge is 2.46. The van der Waals surface area contributed by atoms with E-state index >= 15 is 0 Å². The largest absolute Gasteiger partial charge is 0.507 e. The molecule has 2 heterocycles. The number of hydrogen-bond donors (Lipinski definition) is 6. The fraction of sp³-hybridized carbons (Fsp3) is 0.412. The van der Waals surface area contributed by atoms with Gasteiger partial charge in [0.1, 0.15) is 47.6 Å². The van der Waals surface area contributed by atoms with Crippen LogP contribution in [-0.4, -0.2) is 67.6 Å². The molecule has 10 heteroatoms. The Morgan fingerprint density at radius 3 is 2.16 bits per heavy atom. The quantitative estimate of drug-likeness (QED) is 0.132. The number of allylic oxidation sites excluding steroid dienone is 11. The van der Waals surface area contributed by atoms with Gasteiger partial charge in [-0.1, -0.05) is 93.5 Å². The first-order valence-corrected chi connectivity index (χ1v) is 14.5. The van der Waals surface area contributed by atoms with E-state index in [9.17, 15) is 40.2 Å². The van der Waals surface area contributed by atoms with Gasteiger partial charge in [-0.25, -0.2) is 9.59 Å². The third-order valence-corrected chi connectivity index (χ3v) is 7.12. The summed E-state index contributed by atoms with van der Waals surface area (Å²) in [5, 5.41) is 59.4. The zero-order valence-corrected chi connectivity index (χ0v) is 25.5. The lowest BCUT2D eigenvalue weighted by Gasteiger charge is -2.39. The molecule has 6 N–H and O–H groups in total. The standard InChI is InChI=1S/C34H44O10/c1-5-21(2)16-23(4)18-24(33(40)41)17-22(3)14-12-10-8-6-7-9-11-13-15-25-19-26(36)28(34(42)43-25)32-31(39)30(38)29(37)27(20-35)44-32/h6-15,17-19,21,23,27,29-32,35-39H,5,16,20H2,1-4H3,(H,40,41)/b7-6+,10-8+,11-9+,14-12+,15-13+,22-17+,24-18-. The minimum atomic E-state index is -1.73. The van der Waals surface area contributed by atoms with Crippen LogP contribution in [0, 0.1) is 11.8 Å². The highest BCUT2D eigenvalue weighted by Crippen LogP contribution is 2.35. The molecule has 10 nitrogen and oxygen atoms in total. The maximum Gasteiger partial charge on any atom is 0.345 e. The van der Waals surface area contributed by atoms with E-state index in [1.54, 1.807) is 48.6 Å². The van der Waals surface area contributed by atoms with E-state index in [-0.39, 0.29) is 17.3 Å². The third-order valence-electron chi connectivity index (χ3n) is 7.12. The van der Waals surface area contributed by atoms with E-state index in [1.165, 1.54) is 6.08 Å². The smallest absolute Gasteiger partial charge is 0.345 e. The van der Waals surface area contributed by atoms with Gasteiger partial charge in [0.2, 0.25) is 0 Å². The fourth-order valence-corrected chi connectivity index (χ4v) is 4.59. The van der Waals surface area contributed by atoms with Crippen molar-refractivity contribution in [1.29, 1.82) is 0 Å². The second kappa shape index (κ2) is 18.1. The molecule has 1 aromatic rings. The molecule has 1 aliphatic heterocycles. The highest BCUT2D eigenvalue weighted by atomic mass is 16.5. The number of aromatic hydroxyl groups is 1. The maximum absolute atomic E-state index is 12.5. The average molecular weight is 613 g/mol. The van der Waals surface area contributed by atoms with Crippen molar-refractivity contribution in [1.82, 2.24) is 0 Å². The predicted octanol–water partition coefficient (Wildman–Crippen LogP) is 4.13. The van der Waals surface area contributed by atoms with E-state index in [1.807, 2.05) is 32.1 Å². The van der Waals surface area contributed by atoms with Gasteiger partial charge in [0.25, 0.3) is 0 Å². The van der Waals surface area contributed by atoms with Crippen LogP contribution in [0.1, 0.15) is 58.0 Å². The molecule has 1 aromatic heterocycles. The Hall–Kier alpha value is -3.80. The molecule has 1 fully saturated rings. The summed E-state index contributed by atoms with van der Waals surface area (Å²) in [7, 11) is 0. The molecule has 0 amide bonds. The number of ether oxygens (including phenoxy) is 1. The number of hydrogen-bond acceptors (Lipinski definition) is 9. The summed E-state index contributed by atoms with van der Waals surface area (Å²) >= 11 is 0. The lowest BCUT2D eigenvalue weighted by molar-refractivity contribution is -0.232. The van der Waals surface area contributed by atoms with E-state index in [4.69, 9.17) is 9.15 Å². The second-order valence-corrected chi connectivity index (χ2v) is 10.9. The van der Waals surface area contributed by atoms with Crippen molar-refractivity contribution in [3.63, 3.8) is 0 Å². The van der Waals surface area contributed by atoms with Gasteiger partial charge in [-0.2, -0.15) is 0 Å². The topological polar surface area (TPSA) is 178 Å². The van der Waals surface area contributed by atoms with Crippen molar-refractivity contribution in [2.24, 2.45) is 11.8 Å². The molecule has 0 spiro atoms. The van der Waals surface area contributed by atoms with Crippen LogP contribution in [0.5, 0.6) is 5.75 Å². The zero-order valence-electron chi connectivity index (χ0n) is 25.5. The predicted molar refractivity (Wildman–Crippen MR) is 168 cm³/mol. The Kier molecular flexibility index (Phi) is 15.0. The first-order chi connectivity index (χ1) is 20.9. The molecular weight excluding hydrogens is 568 g/mol. The van der Waals surface area contributed by atoms with E-state index < -0.39 is 60.0 Å². The van der Waals surface area contributed by atoms with Crippen LogP contribution in [-0.2, 0) is 9.53 Å². The Morgan fingerprint density at radius 1 is 0.977 bits per heavy atom. The zero-order chi connectivity index (χ0) is 32.8. The van der Waals surface area contributed by atoms with Gasteiger partial charge in [0, 0.05) is 6.07 Å². The normalized spacial score (nSPS) is 25.2. The molecule has 2 rings (SSSR count). The molecule has 1 saturated heterocycles. The van der Waals surface area contributed by atoms with Gasteiger partial charge < -0.3 is 39.8 Å². The minimum Gasteiger partial charge on any atom is -0.507 e. The SMILES string of the molecule is CCC(C)CC(C)/C=C(/C=C(C)/C=C/C=C/C=C/C=C/C=C/c1cc(O)c(C2OC(CO)C(O)C(O)C2O)c(=O)o1)C(=O)O. The van der Waals surface area contributed by atoms with Crippen molar-refractivity contribution in [2.75, 3.05) is 6.61 Å². The average Bonchev–Trinajstić information content (AvgIpc) is 2.97. The first-order valence-electron chi connectivity index (χ1n) is 14.5. The summed E-state index contributed by atoms with van der Waals surface area (Å²) in [6.45, 7) is 7.49. The third kappa shape index (κ3) is 11.0. The molecular formula is C34H44O10. The molecule has 0 aliphatic carbocycles. The van der Waals surface area contributed by atoms with Crippen LogP contribution in [0.25, 0.3) is 6.08 Å². The van der Waals surface area contributed by atoms with Crippen LogP contribution in [0.3, 0.4) is 0 Å². The van der Waals surface area contributed by atoms with Crippen LogP contribution >= 0.6 is 0 Å². The van der Waals surface area contributed by atoms with Gasteiger partial charge in [-0.05, 0) is 37.3 Å². The number of carboxylic acid groups (broad SMARTS) is 1. The van der Waals surface area contributed by atoms with Gasteiger partial charge in [0.05, 0.1) is 12.2 Å². The Bertz CT molecular complexity index is 1360. The summed E-state index contributed by atoms with van der Waals surface area (Å²) in [5.41, 5.74) is -0.349. The summed E-state index contributed by atoms with van der Waals surface area (Å²) in [5.74, 6) is -0.751. The van der Waals surface area contributed by atoms with E-state index in [0.29, 0.717) is 5.92 Å². The van der Waals surface area contributed by atoms with E-state index in [2.05, 4.69) is 13.8 Å². The van der Waals surface area contributed by atoms with Crippen LogP contribution < -0.4 is 5.63 Å². The van der Waals surface area contributed by atoms with Gasteiger partial charge in [0.15, 0.2) is 0 Å². The number of aliphatic carboxylic acids is 1. The number of aliphatic hydroxyl groups is 4. The molecule has 1 aliphatic rings. The lowest BCUT2D eigenvalue weighted by atomic mass is 9.91. The monoisotopic (exact) mass is 612 g/mol. The van der Waals surface area contributed by atoms with Crippen molar-refractivity contribution >= 4 is 12.0 Å². The second-order valence-electron chi connectivity index (χ2n) is 10.9. The highest BCUT2D eigenvalue weighted by molar-refractivity contribution is 5.90. The van der Waals surface area contributed by atoms with Crippen LogP contribution in [0.2, 0.25) is 0 Å². The molecule has 0 aromatic carbocycles. The van der Waals surface area contributed by atoms with Crippen molar-refractivity contribution in [3.05, 3.63) is 106 Å². The minimum absolute atomic E-state index is 0.0220. The Morgan fingerprint density at radius 2 is 1.59 bits per heavy atom. The van der Waals surface area contributed by atoms with Gasteiger partial charge in [-0.15, -0.1) is 0 Å². The molecule has 44 heavy (non-hydrogen) atoms. The van der Waals surface area contributed by atoms with Crippen molar-refractivity contribution in [3.8, 4) is 5.75 Å². The number of aliphatic hydroxyl groups excluding tert-OH is 4. The lowest BCUT2D eigenvalue weighted by Crippen LogP contribution is -2.55. The van der Waals surface area contributed by atoms with Gasteiger partial charge in [-0.3, -0.25) is 0 Å². The van der Waals surface area contributed by atoms with E-state index in [0.717, 1.165) is 24.5 Å². The van der Waals surface area contributed by atoms with Crippen molar-refractivity contribution < 1.29 is 44.6 Å². The molecule has 7 atom stereocenters. The van der Waals surface area contributed by atoms with Gasteiger partial charge >= 0.3 is 11.6 Å². The number of carbonyl (C=O) groups is 1. The summed E-state index contributed by atoms with van der Waals surface area (Å²) in [6, 6.07) is 1.15. The summed E-state index contributed by atoms with van der Waals surface area (Å²) in [6.07, 6.45) is 14.9. The Balaban J connectivity index is 1.95. The van der Waals surface area contributed by atoms with Crippen LogP contribution in [0.4, 0.5) is 0 Å².